The van der Waals surface area contributed by atoms with Gasteiger partial charge in [-0.25, -0.2) is 9.97 Å². The molecule has 1 aromatic carbocycles. The Bertz CT molecular complexity index is 752. The molecular weight excluding hydrogens is 296 g/mol. The minimum Gasteiger partial charge on any atom is -0.370 e. The van der Waals surface area contributed by atoms with Gasteiger partial charge in [0.1, 0.15) is 11.6 Å². The Balaban J connectivity index is 2.19. The van der Waals surface area contributed by atoms with Crippen LogP contribution in [-0.4, -0.2) is 36.0 Å². The van der Waals surface area contributed by atoms with E-state index in [1.165, 1.54) is 12.1 Å². The van der Waals surface area contributed by atoms with Crippen LogP contribution in [0.15, 0.2) is 30.6 Å². The highest BCUT2D eigenvalue weighted by molar-refractivity contribution is 5.59. The predicted molar refractivity (Wildman–Crippen MR) is 86.3 cm³/mol. The summed E-state index contributed by atoms with van der Waals surface area (Å²) in [5.74, 6) is 0.624. The number of nitriles is 1. The van der Waals surface area contributed by atoms with Gasteiger partial charge in [-0.3, -0.25) is 10.1 Å². The van der Waals surface area contributed by atoms with Crippen LogP contribution in [0.4, 0.5) is 17.3 Å². The summed E-state index contributed by atoms with van der Waals surface area (Å²) in [6.45, 7) is 0.524. The Labute approximate surface area is 133 Å². The highest BCUT2D eigenvalue weighted by atomic mass is 16.6. The largest absolute Gasteiger partial charge is 0.370 e. The van der Waals surface area contributed by atoms with Gasteiger partial charge in [-0.05, 0) is 12.1 Å². The zero-order valence-electron chi connectivity index (χ0n) is 13.1. The van der Waals surface area contributed by atoms with E-state index in [1.807, 2.05) is 37.0 Å². The van der Waals surface area contributed by atoms with E-state index < -0.39 is 4.92 Å². The van der Waals surface area contributed by atoms with Crippen molar-refractivity contribution < 1.29 is 4.92 Å². The molecule has 0 radical (unpaired) electrons. The summed E-state index contributed by atoms with van der Waals surface area (Å²) in [7, 11) is 5.56. The Morgan fingerprint density at radius 1 is 1.26 bits per heavy atom. The molecule has 0 aliphatic heterocycles. The molecule has 23 heavy (non-hydrogen) atoms. The smallest absolute Gasteiger partial charge is 0.287 e. The van der Waals surface area contributed by atoms with E-state index in [1.54, 1.807) is 18.5 Å². The van der Waals surface area contributed by atoms with E-state index in [9.17, 15) is 10.1 Å². The van der Waals surface area contributed by atoms with Crippen LogP contribution in [0, 0.1) is 21.4 Å². The molecular formula is C15H16N6O2. The quantitative estimate of drug-likeness (QED) is 0.614. The van der Waals surface area contributed by atoms with Gasteiger partial charge in [0.15, 0.2) is 0 Å². The van der Waals surface area contributed by atoms with Gasteiger partial charge in [0.05, 0.1) is 4.92 Å². The highest BCUT2D eigenvalue weighted by Gasteiger charge is 2.15. The zero-order chi connectivity index (χ0) is 17.0. The summed E-state index contributed by atoms with van der Waals surface area (Å²) in [5, 5.41) is 19.9. The summed E-state index contributed by atoms with van der Waals surface area (Å²) >= 11 is 0. The molecule has 1 heterocycles. The molecule has 0 saturated heterocycles. The first-order valence-electron chi connectivity index (χ1n) is 6.80. The van der Waals surface area contributed by atoms with Crippen molar-refractivity contribution in [2.75, 3.05) is 30.9 Å². The third-order valence-corrected chi connectivity index (χ3v) is 3.25. The van der Waals surface area contributed by atoms with Crippen molar-refractivity contribution in [1.82, 2.24) is 9.97 Å². The molecule has 0 N–H and O–H groups in total. The van der Waals surface area contributed by atoms with Gasteiger partial charge < -0.3 is 9.80 Å². The molecule has 118 valence electrons. The summed E-state index contributed by atoms with van der Waals surface area (Å²) in [5.41, 5.74) is 1.46. The van der Waals surface area contributed by atoms with E-state index in [4.69, 9.17) is 5.26 Å². The average molecular weight is 312 g/mol. The molecule has 0 spiro atoms. The van der Waals surface area contributed by atoms with Crippen LogP contribution in [0.25, 0.3) is 0 Å². The molecule has 2 aromatic rings. The first-order valence-corrected chi connectivity index (χ1v) is 6.80. The number of nitro benzene ring substituents is 1. The molecule has 0 bridgehead atoms. The molecule has 1 aromatic heterocycles. The number of anilines is 2. The van der Waals surface area contributed by atoms with Gasteiger partial charge in [-0.2, -0.15) is 5.26 Å². The standard InChI is InChI=1S/C15H16N6O2/c1-19(2)15-17-8-11(9-18-15)10-20(3)13-4-5-14(21(22)23)12(6-13)7-16/h4-6,8-9H,10H2,1-3H3. The van der Waals surface area contributed by atoms with Crippen LogP contribution in [0.1, 0.15) is 11.1 Å². The lowest BCUT2D eigenvalue weighted by Gasteiger charge is -2.19. The third-order valence-electron chi connectivity index (χ3n) is 3.25. The van der Waals surface area contributed by atoms with Crippen LogP contribution < -0.4 is 9.80 Å². The second-order valence-corrected chi connectivity index (χ2v) is 5.21. The van der Waals surface area contributed by atoms with Gasteiger partial charge in [-0.15, -0.1) is 0 Å². The minimum absolute atomic E-state index is 0.0403. The number of nitro groups is 1. The first-order chi connectivity index (χ1) is 10.9. The second-order valence-electron chi connectivity index (χ2n) is 5.21. The number of aromatic nitrogens is 2. The molecule has 0 unspecified atom stereocenters. The Hall–Kier alpha value is -3.21. The van der Waals surface area contributed by atoms with Gasteiger partial charge in [0, 0.05) is 57.4 Å². The summed E-state index contributed by atoms with van der Waals surface area (Å²) in [4.78, 5) is 22.5. The minimum atomic E-state index is -0.559. The Kier molecular flexibility index (Phi) is 4.71. The van der Waals surface area contributed by atoms with Crippen molar-refractivity contribution >= 4 is 17.3 Å². The summed E-state index contributed by atoms with van der Waals surface area (Å²) in [6, 6.07) is 6.33. The maximum Gasteiger partial charge on any atom is 0.287 e. The van der Waals surface area contributed by atoms with Crippen LogP contribution in [-0.2, 0) is 6.54 Å². The zero-order valence-corrected chi connectivity index (χ0v) is 13.1. The second kappa shape index (κ2) is 6.70. The average Bonchev–Trinajstić information content (AvgIpc) is 2.54. The molecule has 8 heteroatoms. The topological polar surface area (TPSA) is 99.2 Å². The Morgan fingerprint density at radius 3 is 2.43 bits per heavy atom. The lowest BCUT2D eigenvalue weighted by atomic mass is 10.1. The lowest BCUT2D eigenvalue weighted by molar-refractivity contribution is -0.385. The van der Waals surface area contributed by atoms with E-state index in [-0.39, 0.29) is 11.3 Å². The maximum absolute atomic E-state index is 10.9. The lowest BCUT2D eigenvalue weighted by Crippen LogP contribution is -2.18. The molecule has 2 rings (SSSR count). The van der Waals surface area contributed by atoms with E-state index in [2.05, 4.69) is 9.97 Å². The van der Waals surface area contributed by atoms with Crippen molar-refractivity contribution in [2.24, 2.45) is 0 Å². The molecule has 0 amide bonds. The van der Waals surface area contributed by atoms with Crippen molar-refractivity contribution in [3.63, 3.8) is 0 Å². The van der Waals surface area contributed by atoms with E-state index in [0.717, 1.165) is 5.56 Å². The summed E-state index contributed by atoms with van der Waals surface area (Å²) < 4.78 is 0. The molecule has 0 aliphatic rings. The molecule has 8 nitrogen and oxygen atoms in total. The molecule has 0 aliphatic carbocycles. The first kappa shape index (κ1) is 16.2. The number of benzene rings is 1. The molecule has 0 saturated carbocycles. The van der Waals surface area contributed by atoms with Crippen LogP contribution in [0.3, 0.4) is 0 Å². The monoisotopic (exact) mass is 312 g/mol. The fraction of sp³-hybridized carbons (Fsp3) is 0.267. The predicted octanol–water partition coefficient (Wildman–Crippen LogP) is 1.96. The maximum atomic E-state index is 10.9. The van der Waals surface area contributed by atoms with Crippen LogP contribution >= 0.6 is 0 Å². The third kappa shape index (κ3) is 3.71. The van der Waals surface area contributed by atoms with E-state index >= 15 is 0 Å². The fourth-order valence-corrected chi connectivity index (χ4v) is 2.04. The van der Waals surface area contributed by atoms with Gasteiger partial charge >= 0.3 is 0 Å². The number of nitrogens with zero attached hydrogens (tertiary/aromatic N) is 6. The van der Waals surface area contributed by atoms with E-state index in [0.29, 0.717) is 18.2 Å². The SMILES string of the molecule is CN(C)c1ncc(CN(C)c2ccc([N+](=O)[O-])c(C#N)c2)cn1. The number of rotatable bonds is 5. The van der Waals surface area contributed by atoms with Gasteiger partial charge in [0.2, 0.25) is 5.95 Å². The van der Waals surface area contributed by atoms with Crippen molar-refractivity contribution in [1.29, 1.82) is 5.26 Å². The Morgan fingerprint density at radius 2 is 1.91 bits per heavy atom. The van der Waals surface area contributed by atoms with Crippen LogP contribution in [0.5, 0.6) is 0 Å². The van der Waals surface area contributed by atoms with Crippen molar-refractivity contribution in [2.45, 2.75) is 6.54 Å². The molecule has 0 atom stereocenters. The summed E-state index contributed by atoms with van der Waals surface area (Å²) in [6.07, 6.45) is 3.46. The van der Waals surface area contributed by atoms with Crippen molar-refractivity contribution in [3.8, 4) is 6.07 Å². The number of hydrogen-bond acceptors (Lipinski definition) is 7. The highest BCUT2D eigenvalue weighted by Crippen LogP contribution is 2.24. The number of hydrogen-bond donors (Lipinski definition) is 0. The van der Waals surface area contributed by atoms with Crippen molar-refractivity contribution in [3.05, 3.63) is 51.8 Å². The van der Waals surface area contributed by atoms with Crippen LogP contribution in [0.2, 0.25) is 0 Å². The van der Waals surface area contributed by atoms with Gasteiger partial charge in [0.25, 0.3) is 5.69 Å². The fourth-order valence-electron chi connectivity index (χ4n) is 2.04. The normalized spacial score (nSPS) is 10.0. The van der Waals surface area contributed by atoms with Gasteiger partial charge in [-0.1, -0.05) is 0 Å². The molecule has 0 fully saturated rings.